The Kier molecular flexibility index (Phi) is 6.13. The largest absolute Gasteiger partial charge is 0.392 e. The number of carbonyl (C=O) groups excluding carboxylic acids is 1. The van der Waals surface area contributed by atoms with Crippen LogP contribution in [0.3, 0.4) is 0 Å². The highest BCUT2D eigenvalue weighted by Crippen LogP contribution is 2.23. The Bertz CT molecular complexity index is 496. The number of hydrogen-bond donors (Lipinski definition) is 3. The monoisotopic (exact) mass is 316 g/mol. The minimum atomic E-state index is -0.457. The van der Waals surface area contributed by atoms with Gasteiger partial charge in [-0.2, -0.15) is 0 Å². The zero-order valence-corrected chi connectivity index (χ0v) is 13.0. The maximum absolute atomic E-state index is 13.3. The number of hydrogen-bond acceptors (Lipinski definition) is 3. The van der Waals surface area contributed by atoms with Gasteiger partial charge in [-0.1, -0.05) is 26.0 Å². The van der Waals surface area contributed by atoms with Crippen molar-refractivity contribution in [2.24, 2.45) is 0 Å². The molecule has 1 amide bonds. The number of aliphatic hydroxyl groups excluding tert-OH is 1. The van der Waals surface area contributed by atoms with Gasteiger partial charge in [0.2, 0.25) is 5.91 Å². The highest BCUT2D eigenvalue weighted by atomic mass is 35.5. The van der Waals surface area contributed by atoms with Crippen LogP contribution in [0.2, 0.25) is 0 Å². The van der Waals surface area contributed by atoms with Gasteiger partial charge < -0.3 is 15.7 Å². The summed E-state index contributed by atoms with van der Waals surface area (Å²) < 4.78 is 13.3. The smallest absolute Gasteiger partial charge is 0.237 e. The van der Waals surface area contributed by atoms with Crippen LogP contribution in [0.1, 0.15) is 25.8 Å². The first-order chi connectivity index (χ1) is 9.38. The molecule has 0 bridgehead atoms. The van der Waals surface area contributed by atoms with E-state index in [1.165, 1.54) is 12.1 Å². The number of β-amino-alcohol motifs (C(OH)–C–C–N with tert-alkyl or cyclic N) is 1. The summed E-state index contributed by atoms with van der Waals surface area (Å²) in [7, 11) is 0. The molecule has 1 aliphatic heterocycles. The van der Waals surface area contributed by atoms with Crippen LogP contribution in [0.4, 0.5) is 4.39 Å². The lowest BCUT2D eigenvalue weighted by Crippen LogP contribution is -2.45. The molecule has 1 fully saturated rings. The average molecular weight is 317 g/mol. The fraction of sp³-hybridized carbons (Fsp3) is 0.533. The molecule has 6 heteroatoms. The fourth-order valence-electron chi connectivity index (χ4n) is 2.36. The standard InChI is InChI=1S/C15H21FN2O2.ClH/c1-15(2,10-4-3-5-11(16)6-10)9-18-14(20)13-7-12(19)8-17-13;/h3-6,12-13,17,19H,7-9H2,1-2H3,(H,18,20);1H. The molecule has 0 spiro atoms. The van der Waals surface area contributed by atoms with Gasteiger partial charge in [-0.05, 0) is 24.1 Å². The van der Waals surface area contributed by atoms with E-state index in [4.69, 9.17) is 0 Å². The maximum Gasteiger partial charge on any atom is 0.237 e. The molecule has 2 unspecified atom stereocenters. The van der Waals surface area contributed by atoms with Gasteiger partial charge in [0.1, 0.15) is 5.82 Å². The minimum absolute atomic E-state index is 0. The van der Waals surface area contributed by atoms with Gasteiger partial charge in [0.05, 0.1) is 12.1 Å². The highest BCUT2D eigenvalue weighted by molar-refractivity contribution is 5.85. The lowest BCUT2D eigenvalue weighted by molar-refractivity contribution is -0.123. The van der Waals surface area contributed by atoms with Crippen LogP contribution >= 0.6 is 12.4 Å². The van der Waals surface area contributed by atoms with E-state index in [9.17, 15) is 14.3 Å². The van der Waals surface area contributed by atoms with E-state index in [0.29, 0.717) is 19.5 Å². The molecule has 0 radical (unpaired) electrons. The van der Waals surface area contributed by atoms with Crippen molar-refractivity contribution >= 4 is 18.3 Å². The van der Waals surface area contributed by atoms with Gasteiger partial charge in [-0.15, -0.1) is 12.4 Å². The van der Waals surface area contributed by atoms with Crippen molar-refractivity contribution in [2.75, 3.05) is 13.1 Å². The second-order valence-electron chi connectivity index (χ2n) is 5.96. The molecule has 1 aromatic rings. The molecule has 3 N–H and O–H groups in total. The number of rotatable bonds is 4. The first kappa shape index (κ1) is 17.9. The second kappa shape index (κ2) is 7.20. The predicted molar refractivity (Wildman–Crippen MR) is 82.1 cm³/mol. The predicted octanol–water partition coefficient (Wildman–Crippen LogP) is 1.36. The van der Waals surface area contributed by atoms with E-state index in [1.807, 2.05) is 19.9 Å². The van der Waals surface area contributed by atoms with E-state index in [-0.39, 0.29) is 35.6 Å². The second-order valence-corrected chi connectivity index (χ2v) is 5.96. The summed E-state index contributed by atoms with van der Waals surface area (Å²) in [5.74, 6) is -0.395. The lowest BCUT2D eigenvalue weighted by Gasteiger charge is -2.26. The third-order valence-electron chi connectivity index (χ3n) is 3.73. The van der Waals surface area contributed by atoms with Crippen molar-refractivity contribution in [2.45, 2.75) is 37.8 Å². The zero-order valence-electron chi connectivity index (χ0n) is 12.2. The molecule has 1 saturated heterocycles. The van der Waals surface area contributed by atoms with Crippen molar-refractivity contribution in [3.05, 3.63) is 35.6 Å². The molecule has 21 heavy (non-hydrogen) atoms. The molecule has 0 saturated carbocycles. The minimum Gasteiger partial charge on any atom is -0.392 e. The summed E-state index contributed by atoms with van der Waals surface area (Å²) in [6.45, 7) is 4.78. The maximum atomic E-state index is 13.3. The molecule has 0 aromatic heterocycles. The van der Waals surface area contributed by atoms with Crippen molar-refractivity contribution in [1.82, 2.24) is 10.6 Å². The summed E-state index contributed by atoms with van der Waals surface area (Å²) in [6.07, 6.45) is -0.0198. The average Bonchev–Trinajstić information content (AvgIpc) is 2.83. The molecule has 1 heterocycles. The van der Waals surface area contributed by atoms with Gasteiger partial charge >= 0.3 is 0 Å². The van der Waals surface area contributed by atoms with E-state index in [1.54, 1.807) is 6.07 Å². The summed E-state index contributed by atoms with van der Waals surface area (Å²) >= 11 is 0. The van der Waals surface area contributed by atoms with Crippen molar-refractivity contribution in [3.8, 4) is 0 Å². The van der Waals surface area contributed by atoms with E-state index >= 15 is 0 Å². The summed E-state index contributed by atoms with van der Waals surface area (Å²) in [6, 6.07) is 6.08. The van der Waals surface area contributed by atoms with Crippen molar-refractivity contribution in [1.29, 1.82) is 0 Å². The number of halogens is 2. The van der Waals surface area contributed by atoms with Crippen LogP contribution in [0.25, 0.3) is 0 Å². The number of amides is 1. The Labute approximate surface area is 130 Å². The van der Waals surface area contributed by atoms with Crippen LogP contribution < -0.4 is 10.6 Å². The molecular weight excluding hydrogens is 295 g/mol. The summed E-state index contributed by atoms with van der Waals surface area (Å²) in [5, 5.41) is 15.2. The lowest BCUT2D eigenvalue weighted by atomic mass is 9.84. The Balaban J connectivity index is 0.00000220. The third kappa shape index (κ3) is 4.66. The van der Waals surface area contributed by atoms with Crippen LogP contribution in [0.5, 0.6) is 0 Å². The fourth-order valence-corrected chi connectivity index (χ4v) is 2.36. The van der Waals surface area contributed by atoms with Crippen LogP contribution in [-0.4, -0.2) is 36.2 Å². The van der Waals surface area contributed by atoms with Crippen LogP contribution in [-0.2, 0) is 10.2 Å². The van der Waals surface area contributed by atoms with E-state index < -0.39 is 6.10 Å². The molecule has 1 aromatic carbocycles. The molecule has 0 aliphatic carbocycles. The Hall–Kier alpha value is -1.17. The summed E-state index contributed by atoms with van der Waals surface area (Å²) in [4.78, 5) is 12.0. The molecule has 2 rings (SSSR count). The SMILES string of the molecule is CC(C)(CNC(=O)C1CC(O)CN1)c1cccc(F)c1.Cl. The van der Waals surface area contributed by atoms with E-state index in [0.717, 1.165) is 5.56 Å². The first-order valence-electron chi connectivity index (χ1n) is 6.84. The van der Waals surface area contributed by atoms with Crippen LogP contribution in [0, 0.1) is 5.82 Å². The quantitative estimate of drug-likeness (QED) is 0.786. The Morgan fingerprint density at radius 1 is 1.52 bits per heavy atom. The number of benzene rings is 1. The molecule has 1 aliphatic rings. The number of nitrogens with one attached hydrogen (secondary N) is 2. The highest BCUT2D eigenvalue weighted by Gasteiger charge is 2.29. The van der Waals surface area contributed by atoms with Crippen LogP contribution in [0.15, 0.2) is 24.3 Å². The third-order valence-corrected chi connectivity index (χ3v) is 3.73. The summed E-state index contributed by atoms with van der Waals surface area (Å²) in [5.41, 5.74) is 0.492. The molecular formula is C15H22ClFN2O2. The Morgan fingerprint density at radius 3 is 2.81 bits per heavy atom. The van der Waals surface area contributed by atoms with Gasteiger partial charge in [0, 0.05) is 18.5 Å². The zero-order chi connectivity index (χ0) is 14.8. The first-order valence-corrected chi connectivity index (χ1v) is 6.84. The van der Waals surface area contributed by atoms with E-state index in [2.05, 4.69) is 10.6 Å². The normalized spacial score (nSPS) is 21.7. The van der Waals surface area contributed by atoms with Gasteiger partial charge in [0.25, 0.3) is 0 Å². The van der Waals surface area contributed by atoms with Gasteiger partial charge in [0.15, 0.2) is 0 Å². The molecule has 2 atom stereocenters. The number of aliphatic hydroxyl groups is 1. The Morgan fingerprint density at radius 2 is 2.24 bits per heavy atom. The molecule has 118 valence electrons. The number of carbonyl (C=O) groups is 1. The van der Waals surface area contributed by atoms with Crippen molar-refractivity contribution < 1.29 is 14.3 Å². The van der Waals surface area contributed by atoms with Crippen molar-refractivity contribution in [3.63, 3.8) is 0 Å². The van der Waals surface area contributed by atoms with Gasteiger partial charge in [-0.25, -0.2) is 4.39 Å². The topological polar surface area (TPSA) is 61.4 Å². The molecule has 4 nitrogen and oxygen atoms in total. The van der Waals surface area contributed by atoms with Gasteiger partial charge in [-0.3, -0.25) is 4.79 Å².